The second kappa shape index (κ2) is 4.93. The molecule has 104 valence electrons. The van der Waals surface area contributed by atoms with Crippen molar-refractivity contribution in [2.45, 2.75) is 43.8 Å². The highest BCUT2D eigenvalue weighted by Gasteiger charge is 2.43. The molecule has 1 aliphatic heterocycles. The number of hydrogen-bond donors (Lipinski definition) is 1. The molecule has 1 unspecified atom stereocenters. The van der Waals surface area contributed by atoms with E-state index in [1.165, 1.54) is 19.3 Å². The van der Waals surface area contributed by atoms with Crippen LogP contribution in [0.2, 0.25) is 0 Å². The van der Waals surface area contributed by atoms with Crippen LogP contribution in [0, 0.1) is 0 Å². The molecule has 0 amide bonds. The van der Waals surface area contributed by atoms with E-state index >= 15 is 0 Å². The van der Waals surface area contributed by atoms with Crippen LogP contribution in [0.1, 0.15) is 32.1 Å². The standard InChI is InChI=1S/C15H21NO3/c1-17-11-3-4-13(16)14(9-11)19-12-5-8-18-15(10-12)6-2-7-15/h3-4,9,12H,2,5-8,10,16H2,1H3. The number of methoxy groups -OCH3 is 1. The van der Waals surface area contributed by atoms with Crippen molar-refractivity contribution in [1.82, 2.24) is 0 Å². The number of rotatable bonds is 3. The molecule has 4 nitrogen and oxygen atoms in total. The van der Waals surface area contributed by atoms with E-state index in [9.17, 15) is 0 Å². The summed E-state index contributed by atoms with van der Waals surface area (Å²) >= 11 is 0. The number of nitrogens with two attached hydrogens (primary N) is 1. The van der Waals surface area contributed by atoms with Crippen LogP contribution in [0.15, 0.2) is 18.2 Å². The van der Waals surface area contributed by atoms with Crippen molar-refractivity contribution in [2.75, 3.05) is 19.5 Å². The van der Waals surface area contributed by atoms with E-state index in [4.69, 9.17) is 19.9 Å². The Morgan fingerprint density at radius 1 is 1.37 bits per heavy atom. The first kappa shape index (κ1) is 12.6. The molecule has 2 aliphatic rings. The van der Waals surface area contributed by atoms with Crippen LogP contribution in [0.3, 0.4) is 0 Å². The summed E-state index contributed by atoms with van der Waals surface area (Å²) in [5, 5.41) is 0. The minimum atomic E-state index is 0.0938. The lowest BCUT2D eigenvalue weighted by Crippen LogP contribution is -2.48. The molecule has 0 radical (unpaired) electrons. The Bertz CT molecular complexity index is 457. The lowest BCUT2D eigenvalue weighted by Gasteiger charge is -2.46. The van der Waals surface area contributed by atoms with Gasteiger partial charge >= 0.3 is 0 Å². The van der Waals surface area contributed by atoms with Crippen LogP contribution in [-0.4, -0.2) is 25.4 Å². The van der Waals surface area contributed by atoms with Gasteiger partial charge in [0.15, 0.2) is 0 Å². The first-order valence-corrected chi connectivity index (χ1v) is 6.95. The molecule has 19 heavy (non-hydrogen) atoms. The molecule has 1 atom stereocenters. The molecule has 2 N–H and O–H groups in total. The molecule has 0 bridgehead atoms. The average Bonchev–Trinajstić information content (AvgIpc) is 2.40. The molecular weight excluding hydrogens is 242 g/mol. The van der Waals surface area contributed by atoms with Gasteiger partial charge in [-0.25, -0.2) is 0 Å². The number of anilines is 1. The van der Waals surface area contributed by atoms with E-state index in [1.54, 1.807) is 7.11 Å². The molecule has 1 heterocycles. The first-order valence-electron chi connectivity index (χ1n) is 6.95. The van der Waals surface area contributed by atoms with Gasteiger partial charge in [0, 0.05) is 18.9 Å². The van der Waals surface area contributed by atoms with Crippen molar-refractivity contribution in [3.05, 3.63) is 18.2 Å². The zero-order chi connectivity index (χ0) is 13.3. The molecule has 1 aromatic carbocycles. The second-order valence-corrected chi connectivity index (χ2v) is 5.52. The Hall–Kier alpha value is -1.42. The van der Waals surface area contributed by atoms with Gasteiger partial charge in [-0.2, -0.15) is 0 Å². The Morgan fingerprint density at radius 3 is 2.89 bits per heavy atom. The summed E-state index contributed by atoms with van der Waals surface area (Å²) in [5.74, 6) is 1.50. The fraction of sp³-hybridized carbons (Fsp3) is 0.600. The lowest BCUT2D eigenvalue weighted by molar-refractivity contribution is -0.153. The van der Waals surface area contributed by atoms with Gasteiger partial charge in [0.2, 0.25) is 0 Å². The average molecular weight is 263 g/mol. The lowest BCUT2D eigenvalue weighted by atomic mass is 9.74. The molecule has 3 rings (SSSR count). The quantitative estimate of drug-likeness (QED) is 0.852. The van der Waals surface area contributed by atoms with E-state index in [0.717, 1.165) is 30.9 Å². The molecular formula is C15H21NO3. The predicted molar refractivity (Wildman–Crippen MR) is 73.6 cm³/mol. The Balaban J connectivity index is 1.70. The van der Waals surface area contributed by atoms with Gasteiger partial charge in [-0.05, 0) is 31.4 Å². The molecule has 2 fully saturated rings. The zero-order valence-electron chi connectivity index (χ0n) is 11.4. The van der Waals surface area contributed by atoms with Crippen molar-refractivity contribution in [1.29, 1.82) is 0 Å². The molecule has 0 aromatic heterocycles. The van der Waals surface area contributed by atoms with Crippen LogP contribution in [0.4, 0.5) is 5.69 Å². The fourth-order valence-corrected chi connectivity index (χ4v) is 2.93. The third-order valence-electron chi connectivity index (χ3n) is 4.23. The smallest absolute Gasteiger partial charge is 0.146 e. The summed E-state index contributed by atoms with van der Waals surface area (Å²) < 4.78 is 17.2. The van der Waals surface area contributed by atoms with Crippen LogP contribution in [0.5, 0.6) is 11.5 Å². The normalized spacial score (nSPS) is 24.8. The maximum Gasteiger partial charge on any atom is 0.146 e. The highest BCUT2D eigenvalue weighted by Crippen LogP contribution is 2.43. The highest BCUT2D eigenvalue weighted by molar-refractivity contribution is 5.55. The van der Waals surface area contributed by atoms with Crippen LogP contribution in [-0.2, 0) is 4.74 Å². The van der Waals surface area contributed by atoms with Gasteiger partial charge in [-0.1, -0.05) is 0 Å². The van der Waals surface area contributed by atoms with E-state index < -0.39 is 0 Å². The van der Waals surface area contributed by atoms with Gasteiger partial charge in [-0.15, -0.1) is 0 Å². The van der Waals surface area contributed by atoms with Crippen molar-refractivity contribution in [2.24, 2.45) is 0 Å². The Kier molecular flexibility index (Phi) is 3.27. The molecule has 1 saturated carbocycles. The van der Waals surface area contributed by atoms with E-state index in [1.807, 2.05) is 18.2 Å². The number of hydrogen-bond acceptors (Lipinski definition) is 4. The van der Waals surface area contributed by atoms with Gasteiger partial charge in [-0.3, -0.25) is 0 Å². The molecule has 1 spiro atoms. The van der Waals surface area contributed by atoms with Crippen molar-refractivity contribution in [3.63, 3.8) is 0 Å². The predicted octanol–water partition coefficient (Wildman–Crippen LogP) is 2.76. The SMILES string of the molecule is COc1ccc(N)c(OC2CCOC3(CCC3)C2)c1. The van der Waals surface area contributed by atoms with E-state index in [-0.39, 0.29) is 11.7 Å². The summed E-state index contributed by atoms with van der Waals surface area (Å²) in [7, 11) is 1.65. The molecule has 1 saturated heterocycles. The fourth-order valence-electron chi connectivity index (χ4n) is 2.93. The van der Waals surface area contributed by atoms with Gasteiger partial charge in [0.1, 0.15) is 17.6 Å². The van der Waals surface area contributed by atoms with Gasteiger partial charge in [0.25, 0.3) is 0 Å². The van der Waals surface area contributed by atoms with Gasteiger partial charge < -0.3 is 19.9 Å². The monoisotopic (exact) mass is 263 g/mol. The third-order valence-corrected chi connectivity index (χ3v) is 4.23. The summed E-state index contributed by atoms with van der Waals surface area (Å²) in [4.78, 5) is 0. The number of benzene rings is 1. The van der Waals surface area contributed by atoms with Crippen molar-refractivity contribution >= 4 is 5.69 Å². The van der Waals surface area contributed by atoms with E-state index in [2.05, 4.69) is 0 Å². The van der Waals surface area contributed by atoms with Crippen molar-refractivity contribution < 1.29 is 14.2 Å². The largest absolute Gasteiger partial charge is 0.497 e. The molecule has 1 aromatic rings. The van der Waals surface area contributed by atoms with Gasteiger partial charge in [0.05, 0.1) is 25.0 Å². The summed E-state index contributed by atoms with van der Waals surface area (Å²) in [5.41, 5.74) is 6.72. The summed E-state index contributed by atoms with van der Waals surface area (Å²) in [6.07, 6.45) is 5.71. The molecule has 4 heteroatoms. The maximum absolute atomic E-state index is 6.07. The topological polar surface area (TPSA) is 53.7 Å². The Morgan fingerprint density at radius 2 is 2.21 bits per heavy atom. The maximum atomic E-state index is 6.07. The second-order valence-electron chi connectivity index (χ2n) is 5.52. The van der Waals surface area contributed by atoms with Crippen molar-refractivity contribution in [3.8, 4) is 11.5 Å². The minimum absolute atomic E-state index is 0.0938. The van der Waals surface area contributed by atoms with E-state index in [0.29, 0.717) is 5.69 Å². The zero-order valence-corrected chi connectivity index (χ0v) is 11.4. The highest BCUT2D eigenvalue weighted by atomic mass is 16.5. The molecule has 1 aliphatic carbocycles. The van der Waals surface area contributed by atoms with Crippen LogP contribution < -0.4 is 15.2 Å². The summed E-state index contributed by atoms with van der Waals surface area (Å²) in [6.45, 7) is 0.786. The Labute approximate surface area is 113 Å². The van der Waals surface area contributed by atoms with Crippen LogP contribution >= 0.6 is 0 Å². The minimum Gasteiger partial charge on any atom is -0.497 e. The third kappa shape index (κ3) is 2.50. The number of nitrogen functional groups attached to an aromatic ring is 1. The van der Waals surface area contributed by atoms with Crippen LogP contribution in [0.25, 0.3) is 0 Å². The summed E-state index contributed by atoms with van der Waals surface area (Å²) in [6, 6.07) is 5.53. The number of ether oxygens (including phenoxy) is 3. The first-order chi connectivity index (χ1) is 9.21.